The normalized spacial score (nSPS) is 13.2. The third-order valence-electron chi connectivity index (χ3n) is 2.69. The zero-order valence-electron chi connectivity index (χ0n) is 13.9. The molecule has 2 N–H and O–H groups in total. The van der Waals surface area contributed by atoms with Gasteiger partial charge in [0.25, 0.3) is 10.1 Å². The highest BCUT2D eigenvalue weighted by Crippen LogP contribution is 2.14. The Hall–Kier alpha value is -2.13. The summed E-state index contributed by atoms with van der Waals surface area (Å²) in [6.45, 7) is 5.87. The maximum atomic E-state index is 12.0. The Morgan fingerprint density at radius 1 is 1.21 bits per heavy atom. The Balaban J connectivity index is 2.74. The molecule has 0 aromatic heterocycles. The fourth-order valence-corrected chi connectivity index (χ4v) is 2.48. The summed E-state index contributed by atoms with van der Waals surface area (Å²) in [4.78, 5) is 22.7. The fourth-order valence-electron chi connectivity index (χ4n) is 1.56. The zero-order chi connectivity index (χ0) is 18.5. The number of aryl methyl sites for hydroxylation is 1. The number of hydrogen-bond acceptors (Lipinski definition) is 6. The van der Waals surface area contributed by atoms with E-state index in [1.807, 2.05) is 0 Å². The standard InChI is InChI=1S/C15H21NO7S/c1-10-5-7-11(8-6-10)24(20,21)22-9-12(13(17)18)16-14(19)23-15(2,3)4/h5-8,12H,9H2,1-4H3,(H,16,19)(H,17,18). The highest BCUT2D eigenvalue weighted by Gasteiger charge is 2.27. The lowest BCUT2D eigenvalue weighted by molar-refractivity contribution is -0.140. The predicted molar refractivity (Wildman–Crippen MR) is 85.1 cm³/mol. The van der Waals surface area contributed by atoms with Gasteiger partial charge >= 0.3 is 12.1 Å². The second-order valence-electron chi connectivity index (χ2n) is 6.09. The van der Waals surface area contributed by atoms with E-state index in [1.165, 1.54) is 12.1 Å². The minimum Gasteiger partial charge on any atom is -0.480 e. The van der Waals surface area contributed by atoms with Crippen molar-refractivity contribution in [3.63, 3.8) is 0 Å². The number of nitrogens with one attached hydrogen (secondary N) is 1. The Kier molecular flexibility index (Phi) is 6.33. The molecule has 0 saturated heterocycles. The van der Waals surface area contributed by atoms with Crippen molar-refractivity contribution in [2.75, 3.05) is 6.61 Å². The first-order chi connectivity index (χ1) is 10.9. The van der Waals surface area contributed by atoms with Crippen molar-refractivity contribution in [3.05, 3.63) is 29.8 Å². The van der Waals surface area contributed by atoms with E-state index in [0.717, 1.165) is 5.56 Å². The molecule has 0 aliphatic heterocycles. The van der Waals surface area contributed by atoms with E-state index in [9.17, 15) is 18.0 Å². The van der Waals surface area contributed by atoms with Gasteiger partial charge in [0.05, 0.1) is 11.5 Å². The number of benzene rings is 1. The van der Waals surface area contributed by atoms with Gasteiger partial charge in [-0.15, -0.1) is 0 Å². The Morgan fingerprint density at radius 2 is 1.75 bits per heavy atom. The Bertz CT molecular complexity index is 690. The van der Waals surface area contributed by atoms with Gasteiger partial charge in [-0.1, -0.05) is 17.7 Å². The van der Waals surface area contributed by atoms with E-state index in [4.69, 9.17) is 14.0 Å². The maximum absolute atomic E-state index is 12.0. The first kappa shape index (κ1) is 19.9. The van der Waals surface area contributed by atoms with Crippen LogP contribution < -0.4 is 5.32 Å². The van der Waals surface area contributed by atoms with Crippen LogP contribution in [-0.4, -0.2) is 43.8 Å². The minimum atomic E-state index is -4.13. The number of rotatable bonds is 6. The first-order valence-corrected chi connectivity index (χ1v) is 8.50. The second kappa shape index (κ2) is 7.63. The van der Waals surface area contributed by atoms with Crippen molar-refractivity contribution in [2.45, 2.75) is 44.2 Å². The van der Waals surface area contributed by atoms with E-state index in [-0.39, 0.29) is 4.90 Å². The van der Waals surface area contributed by atoms with Crippen molar-refractivity contribution >= 4 is 22.2 Å². The highest BCUT2D eigenvalue weighted by atomic mass is 32.2. The van der Waals surface area contributed by atoms with Crippen molar-refractivity contribution < 1.29 is 32.0 Å². The molecular formula is C15H21NO7S. The summed E-state index contributed by atoms with van der Waals surface area (Å²) in [5.41, 5.74) is 0.0473. The molecular weight excluding hydrogens is 338 g/mol. The van der Waals surface area contributed by atoms with Crippen LogP contribution in [0.25, 0.3) is 0 Å². The Labute approximate surface area is 140 Å². The zero-order valence-corrected chi connectivity index (χ0v) is 14.7. The SMILES string of the molecule is Cc1ccc(S(=O)(=O)OCC(NC(=O)OC(C)(C)C)C(=O)O)cc1. The van der Waals surface area contributed by atoms with Crippen molar-refractivity contribution in [3.8, 4) is 0 Å². The van der Waals surface area contributed by atoms with Gasteiger partial charge in [0.1, 0.15) is 5.60 Å². The molecule has 1 atom stereocenters. The lowest BCUT2D eigenvalue weighted by atomic mass is 10.2. The lowest BCUT2D eigenvalue weighted by Crippen LogP contribution is -2.46. The molecule has 1 aromatic carbocycles. The van der Waals surface area contributed by atoms with Crippen molar-refractivity contribution in [1.29, 1.82) is 0 Å². The molecule has 8 nitrogen and oxygen atoms in total. The molecule has 0 bridgehead atoms. The topological polar surface area (TPSA) is 119 Å². The molecule has 0 radical (unpaired) electrons. The van der Waals surface area contributed by atoms with Crippen LogP contribution in [0.4, 0.5) is 4.79 Å². The molecule has 24 heavy (non-hydrogen) atoms. The van der Waals surface area contributed by atoms with Crippen LogP contribution in [0, 0.1) is 6.92 Å². The van der Waals surface area contributed by atoms with Crippen LogP contribution in [0.5, 0.6) is 0 Å². The van der Waals surface area contributed by atoms with Gasteiger partial charge in [0.2, 0.25) is 0 Å². The molecule has 0 aliphatic rings. The number of carbonyl (C=O) groups excluding carboxylic acids is 1. The van der Waals surface area contributed by atoms with E-state index in [1.54, 1.807) is 39.8 Å². The summed E-state index contributed by atoms with van der Waals surface area (Å²) < 4.78 is 33.7. The highest BCUT2D eigenvalue weighted by molar-refractivity contribution is 7.86. The second-order valence-corrected chi connectivity index (χ2v) is 7.70. The largest absolute Gasteiger partial charge is 0.480 e. The molecule has 0 saturated carbocycles. The van der Waals surface area contributed by atoms with E-state index < -0.39 is 40.4 Å². The molecule has 0 fully saturated rings. The Morgan fingerprint density at radius 3 is 2.21 bits per heavy atom. The van der Waals surface area contributed by atoms with E-state index in [2.05, 4.69) is 5.32 Å². The van der Waals surface area contributed by atoms with Gasteiger partial charge in [-0.3, -0.25) is 4.18 Å². The van der Waals surface area contributed by atoms with E-state index in [0.29, 0.717) is 0 Å². The van der Waals surface area contributed by atoms with Crippen LogP contribution in [-0.2, 0) is 23.8 Å². The fraction of sp³-hybridized carbons (Fsp3) is 0.467. The third kappa shape index (κ3) is 6.55. The molecule has 9 heteroatoms. The maximum Gasteiger partial charge on any atom is 0.408 e. The summed E-state index contributed by atoms with van der Waals surface area (Å²) in [6.07, 6.45) is -0.980. The number of carboxylic acids is 1. The first-order valence-electron chi connectivity index (χ1n) is 7.09. The number of ether oxygens (including phenoxy) is 1. The summed E-state index contributed by atoms with van der Waals surface area (Å²) in [5, 5.41) is 11.1. The predicted octanol–water partition coefficient (Wildman–Crippen LogP) is 1.68. The van der Waals surface area contributed by atoms with Crippen LogP contribution in [0.1, 0.15) is 26.3 Å². The minimum absolute atomic E-state index is 0.102. The molecule has 134 valence electrons. The van der Waals surface area contributed by atoms with E-state index >= 15 is 0 Å². The van der Waals surface area contributed by atoms with Gasteiger partial charge in [-0.05, 0) is 39.8 Å². The van der Waals surface area contributed by atoms with Gasteiger partial charge in [0.15, 0.2) is 6.04 Å². The third-order valence-corrected chi connectivity index (χ3v) is 3.98. The molecule has 1 unspecified atom stereocenters. The monoisotopic (exact) mass is 359 g/mol. The van der Waals surface area contributed by atoms with Crippen molar-refractivity contribution in [2.24, 2.45) is 0 Å². The molecule has 1 amide bonds. The number of amides is 1. The van der Waals surface area contributed by atoms with Crippen LogP contribution in [0.3, 0.4) is 0 Å². The summed E-state index contributed by atoms with van der Waals surface area (Å²) in [6, 6.07) is 4.30. The summed E-state index contributed by atoms with van der Waals surface area (Å²) in [7, 11) is -4.13. The number of hydrogen-bond donors (Lipinski definition) is 2. The smallest absolute Gasteiger partial charge is 0.408 e. The summed E-state index contributed by atoms with van der Waals surface area (Å²) >= 11 is 0. The van der Waals surface area contributed by atoms with Gasteiger partial charge in [-0.25, -0.2) is 9.59 Å². The van der Waals surface area contributed by atoms with Crippen LogP contribution >= 0.6 is 0 Å². The summed E-state index contributed by atoms with van der Waals surface area (Å²) in [5.74, 6) is -1.44. The number of aliphatic carboxylic acids is 1. The van der Waals surface area contributed by atoms with Gasteiger partial charge in [-0.2, -0.15) is 8.42 Å². The quantitative estimate of drug-likeness (QED) is 0.742. The average molecular weight is 359 g/mol. The lowest BCUT2D eigenvalue weighted by Gasteiger charge is -2.21. The van der Waals surface area contributed by atoms with Crippen LogP contribution in [0.2, 0.25) is 0 Å². The van der Waals surface area contributed by atoms with Gasteiger partial charge in [0, 0.05) is 0 Å². The molecule has 1 aromatic rings. The molecule has 1 rings (SSSR count). The van der Waals surface area contributed by atoms with Crippen LogP contribution in [0.15, 0.2) is 29.2 Å². The number of carbonyl (C=O) groups is 2. The number of alkyl carbamates (subject to hydrolysis) is 1. The van der Waals surface area contributed by atoms with Crippen molar-refractivity contribution in [1.82, 2.24) is 5.32 Å². The number of carboxylic acid groups (broad SMARTS) is 1. The average Bonchev–Trinajstić information content (AvgIpc) is 2.41. The molecule has 0 spiro atoms. The van der Waals surface area contributed by atoms with Gasteiger partial charge < -0.3 is 15.2 Å². The molecule has 0 aliphatic carbocycles. The molecule has 0 heterocycles.